The van der Waals surface area contributed by atoms with Gasteiger partial charge in [0.1, 0.15) is 17.9 Å². The maximum Gasteiger partial charge on any atom is 0.149 e. The minimum atomic E-state index is 0.184. The molecule has 2 aromatic rings. The van der Waals surface area contributed by atoms with Gasteiger partial charge in [-0.3, -0.25) is 0 Å². The van der Waals surface area contributed by atoms with Gasteiger partial charge >= 0.3 is 0 Å². The number of hydrogen-bond donors (Lipinski definition) is 1. The van der Waals surface area contributed by atoms with Crippen molar-refractivity contribution < 1.29 is 4.42 Å². The number of rotatable bonds is 3. The molecule has 0 amide bonds. The molecule has 0 bridgehead atoms. The molecule has 0 radical (unpaired) electrons. The SMILES string of the molecule is CC(NC1CCCc2occc21)c1nncn1C. The molecule has 0 saturated carbocycles. The third kappa shape index (κ3) is 1.95. The zero-order valence-corrected chi connectivity index (χ0v) is 10.8. The van der Waals surface area contributed by atoms with Crippen molar-refractivity contribution in [3.05, 3.63) is 35.8 Å². The van der Waals surface area contributed by atoms with Crippen molar-refractivity contribution >= 4 is 0 Å². The van der Waals surface area contributed by atoms with Crippen LogP contribution in [0.5, 0.6) is 0 Å². The minimum absolute atomic E-state index is 0.184. The predicted octanol–water partition coefficient (Wildman–Crippen LogP) is 2.14. The van der Waals surface area contributed by atoms with Crippen LogP contribution in [0.2, 0.25) is 0 Å². The summed E-state index contributed by atoms with van der Waals surface area (Å²) in [5.41, 5.74) is 1.30. The van der Waals surface area contributed by atoms with Gasteiger partial charge in [-0.2, -0.15) is 0 Å². The molecule has 3 rings (SSSR count). The van der Waals surface area contributed by atoms with Crippen molar-refractivity contribution in [2.24, 2.45) is 7.05 Å². The fourth-order valence-corrected chi connectivity index (χ4v) is 2.72. The monoisotopic (exact) mass is 246 g/mol. The van der Waals surface area contributed by atoms with Crippen molar-refractivity contribution in [1.82, 2.24) is 20.1 Å². The number of nitrogens with one attached hydrogen (secondary N) is 1. The van der Waals surface area contributed by atoms with Gasteiger partial charge in [0.15, 0.2) is 0 Å². The molecule has 2 aromatic heterocycles. The Morgan fingerprint density at radius 1 is 1.56 bits per heavy atom. The number of aryl methyl sites for hydroxylation is 2. The molecule has 18 heavy (non-hydrogen) atoms. The topological polar surface area (TPSA) is 55.9 Å². The standard InChI is InChI=1S/C13H18N4O/c1-9(13-16-14-8-17(13)2)15-11-4-3-5-12-10(11)6-7-18-12/h6-9,11,15H,3-5H2,1-2H3. The van der Waals surface area contributed by atoms with Gasteiger partial charge in [0.2, 0.25) is 0 Å². The average Bonchev–Trinajstić information content (AvgIpc) is 2.97. The second kappa shape index (κ2) is 4.57. The van der Waals surface area contributed by atoms with Crippen LogP contribution in [0.4, 0.5) is 0 Å². The molecule has 0 fully saturated rings. The fraction of sp³-hybridized carbons (Fsp3) is 0.538. The highest BCUT2D eigenvalue weighted by molar-refractivity contribution is 5.24. The van der Waals surface area contributed by atoms with E-state index < -0.39 is 0 Å². The Labute approximate surface area is 106 Å². The Hall–Kier alpha value is -1.62. The van der Waals surface area contributed by atoms with Crippen molar-refractivity contribution in [1.29, 1.82) is 0 Å². The van der Waals surface area contributed by atoms with Crippen LogP contribution in [-0.2, 0) is 13.5 Å². The van der Waals surface area contributed by atoms with Crippen molar-refractivity contribution in [2.45, 2.75) is 38.3 Å². The molecule has 96 valence electrons. The maximum absolute atomic E-state index is 5.51. The van der Waals surface area contributed by atoms with Crippen LogP contribution in [0.1, 0.15) is 49.0 Å². The number of nitrogens with zero attached hydrogens (tertiary/aromatic N) is 3. The lowest BCUT2D eigenvalue weighted by molar-refractivity contribution is 0.376. The van der Waals surface area contributed by atoms with E-state index >= 15 is 0 Å². The third-order valence-corrected chi connectivity index (χ3v) is 3.64. The lowest BCUT2D eigenvalue weighted by Crippen LogP contribution is -2.28. The van der Waals surface area contributed by atoms with Gasteiger partial charge in [0, 0.05) is 25.1 Å². The fourth-order valence-electron chi connectivity index (χ4n) is 2.72. The van der Waals surface area contributed by atoms with Crippen LogP contribution in [0, 0.1) is 0 Å². The summed E-state index contributed by atoms with van der Waals surface area (Å²) < 4.78 is 7.46. The molecule has 1 aliphatic rings. The summed E-state index contributed by atoms with van der Waals surface area (Å²) in [4.78, 5) is 0. The van der Waals surface area contributed by atoms with Gasteiger partial charge in [0.05, 0.1) is 12.3 Å². The van der Waals surface area contributed by atoms with Crippen LogP contribution >= 0.6 is 0 Å². The second-order valence-corrected chi connectivity index (χ2v) is 4.93. The molecule has 2 unspecified atom stereocenters. The summed E-state index contributed by atoms with van der Waals surface area (Å²) in [6, 6.07) is 2.62. The zero-order chi connectivity index (χ0) is 12.5. The number of furan rings is 1. The highest BCUT2D eigenvalue weighted by atomic mass is 16.3. The Morgan fingerprint density at radius 3 is 3.22 bits per heavy atom. The molecular formula is C13H18N4O. The van der Waals surface area contributed by atoms with E-state index in [0.717, 1.165) is 24.4 Å². The van der Waals surface area contributed by atoms with Crippen LogP contribution in [0.3, 0.4) is 0 Å². The minimum Gasteiger partial charge on any atom is -0.469 e. The third-order valence-electron chi connectivity index (χ3n) is 3.64. The van der Waals surface area contributed by atoms with Gasteiger partial charge in [-0.1, -0.05) is 0 Å². The first-order valence-electron chi connectivity index (χ1n) is 6.42. The smallest absolute Gasteiger partial charge is 0.149 e. The summed E-state index contributed by atoms with van der Waals surface area (Å²) in [5, 5.41) is 11.7. The molecular weight excluding hydrogens is 228 g/mol. The first-order valence-corrected chi connectivity index (χ1v) is 6.42. The summed E-state index contributed by atoms with van der Waals surface area (Å²) in [6.45, 7) is 2.12. The summed E-state index contributed by atoms with van der Waals surface area (Å²) in [7, 11) is 1.97. The van der Waals surface area contributed by atoms with Gasteiger partial charge in [-0.15, -0.1) is 10.2 Å². The summed E-state index contributed by atoms with van der Waals surface area (Å²) >= 11 is 0. The molecule has 0 spiro atoms. The van der Waals surface area contributed by atoms with E-state index in [0.29, 0.717) is 6.04 Å². The van der Waals surface area contributed by atoms with Gasteiger partial charge in [-0.05, 0) is 25.8 Å². The van der Waals surface area contributed by atoms with E-state index in [-0.39, 0.29) is 6.04 Å². The van der Waals surface area contributed by atoms with E-state index in [1.165, 1.54) is 12.0 Å². The van der Waals surface area contributed by atoms with Gasteiger partial charge in [-0.25, -0.2) is 0 Å². The lowest BCUT2D eigenvalue weighted by atomic mass is 9.93. The van der Waals surface area contributed by atoms with E-state index in [1.54, 1.807) is 12.6 Å². The van der Waals surface area contributed by atoms with Gasteiger partial charge < -0.3 is 14.3 Å². The Bertz CT molecular complexity index is 531. The van der Waals surface area contributed by atoms with E-state index in [2.05, 4.69) is 28.5 Å². The normalized spacial score (nSPS) is 20.7. The highest BCUT2D eigenvalue weighted by Crippen LogP contribution is 2.32. The summed E-state index contributed by atoms with van der Waals surface area (Å²) in [5.74, 6) is 2.09. The first kappa shape index (κ1) is 11.5. The Balaban J connectivity index is 1.77. The van der Waals surface area contributed by atoms with E-state index in [1.807, 2.05) is 11.6 Å². The average molecular weight is 246 g/mol. The molecule has 0 saturated heterocycles. The maximum atomic E-state index is 5.51. The first-order chi connectivity index (χ1) is 8.75. The van der Waals surface area contributed by atoms with Crippen LogP contribution in [-0.4, -0.2) is 14.8 Å². The molecule has 1 N–H and O–H groups in total. The van der Waals surface area contributed by atoms with E-state index in [4.69, 9.17) is 4.42 Å². The number of aromatic nitrogens is 3. The molecule has 0 aromatic carbocycles. The molecule has 1 aliphatic carbocycles. The largest absolute Gasteiger partial charge is 0.469 e. The second-order valence-electron chi connectivity index (χ2n) is 4.93. The van der Waals surface area contributed by atoms with Crippen molar-refractivity contribution in [3.63, 3.8) is 0 Å². The Morgan fingerprint density at radius 2 is 2.44 bits per heavy atom. The van der Waals surface area contributed by atoms with Crippen LogP contribution in [0.25, 0.3) is 0 Å². The number of fused-ring (bicyclic) bond motifs is 1. The van der Waals surface area contributed by atoms with E-state index in [9.17, 15) is 0 Å². The Kier molecular flexibility index (Phi) is 2.91. The molecule has 0 aliphatic heterocycles. The predicted molar refractivity (Wildman–Crippen MR) is 66.9 cm³/mol. The van der Waals surface area contributed by atoms with Crippen LogP contribution in [0.15, 0.2) is 23.1 Å². The van der Waals surface area contributed by atoms with Gasteiger partial charge in [0.25, 0.3) is 0 Å². The molecule has 5 heteroatoms. The number of hydrogen-bond acceptors (Lipinski definition) is 4. The molecule has 2 heterocycles. The lowest BCUT2D eigenvalue weighted by Gasteiger charge is -2.26. The molecule has 2 atom stereocenters. The highest BCUT2D eigenvalue weighted by Gasteiger charge is 2.25. The van der Waals surface area contributed by atoms with Crippen molar-refractivity contribution in [3.8, 4) is 0 Å². The quantitative estimate of drug-likeness (QED) is 0.901. The van der Waals surface area contributed by atoms with Crippen LogP contribution < -0.4 is 5.32 Å². The van der Waals surface area contributed by atoms with Crippen molar-refractivity contribution in [2.75, 3.05) is 0 Å². The molecule has 5 nitrogen and oxygen atoms in total. The zero-order valence-electron chi connectivity index (χ0n) is 10.8. The summed E-state index contributed by atoms with van der Waals surface area (Å²) in [6.07, 6.45) is 6.90.